The first-order chi connectivity index (χ1) is 11.2. The van der Waals surface area contributed by atoms with Gasteiger partial charge in [0.05, 0.1) is 16.6 Å². The van der Waals surface area contributed by atoms with Crippen LogP contribution in [0.5, 0.6) is 0 Å². The third-order valence-electron chi connectivity index (χ3n) is 4.87. The number of nitrogens with zero attached hydrogens (tertiary/aromatic N) is 2. The Balaban J connectivity index is 1.77. The van der Waals surface area contributed by atoms with Crippen molar-refractivity contribution in [2.75, 3.05) is 0 Å². The van der Waals surface area contributed by atoms with Gasteiger partial charge in [-0.15, -0.1) is 0 Å². The number of nitrogens with one attached hydrogen (secondary N) is 1. The number of halogens is 2. The van der Waals surface area contributed by atoms with Crippen molar-refractivity contribution < 1.29 is 13.6 Å². The number of aryl methyl sites for hydroxylation is 1. The molecule has 3 rings (SSSR count). The molecule has 6 heteroatoms. The van der Waals surface area contributed by atoms with Crippen LogP contribution < -0.4 is 5.32 Å². The summed E-state index contributed by atoms with van der Waals surface area (Å²) in [5.74, 6) is -2.39. The number of hydrogen-bond acceptors (Lipinski definition) is 2. The van der Waals surface area contributed by atoms with E-state index in [4.69, 9.17) is 0 Å². The van der Waals surface area contributed by atoms with E-state index in [2.05, 4.69) is 10.3 Å². The van der Waals surface area contributed by atoms with Crippen LogP contribution in [0.15, 0.2) is 24.3 Å². The van der Waals surface area contributed by atoms with Gasteiger partial charge in [-0.25, -0.2) is 13.8 Å². The summed E-state index contributed by atoms with van der Waals surface area (Å²) < 4.78 is 28.5. The molecule has 1 amide bonds. The lowest BCUT2D eigenvalue weighted by atomic mass is 9.85. The maximum absolute atomic E-state index is 13.3. The van der Waals surface area contributed by atoms with Gasteiger partial charge in [-0.3, -0.25) is 4.79 Å². The van der Waals surface area contributed by atoms with E-state index < -0.39 is 11.5 Å². The summed E-state index contributed by atoms with van der Waals surface area (Å²) in [4.78, 5) is 17.2. The van der Waals surface area contributed by atoms with Gasteiger partial charge in [-0.05, 0) is 38.8 Å². The van der Waals surface area contributed by atoms with Crippen LogP contribution >= 0.6 is 0 Å². The fraction of sp³-hybridized carbons (Fsp3) is 0.556. The van der Waals surface area contributed by atoms with Gasteiger partial charge in [0, 0.05) is 25.8 Å². The second-order valence-corrected chi connectivity index (χ2v) is 7.23. The van der Waals surface area contributed by atoms with E-state index in [-0.39, 0.29) is 37.5 Å². The molecule has 1 aromatic heterocycles. The van der Waals surface area contributed by atoms with Gasteiger partial charge in [0.15, 0.2) is 0 Å². The van der Waals surface area contributed by atoms with Crippen molar-refractivity contribution in [1.29, 1.82) is 0 Å². The average molecular weight is 335 g/mol. The Kier molecular flexibility index (Phi) is 4.10. The molecule has 1 aliphatic rings. The molecule has 1 N–H and O–H groups in total. The number of fused-ring (bicyclic) bond motifs is 1. The second-order valence-electron chi connectivity index (χ2n) is 7.23. The van der Waals surface area contributed by atoms with Crippen LogP contribution in [0, 0.1) is 5.92 Å². The van der Waals surface area contributed by atoms with Crippen LogP contribution in [-0.2, 0) is 17.4 Å². The molecule has 1 saturated carbocycles. The van der Waals surface area contributed by atoms with E-state index in [1.165, 1.54) is 0 Å². The highest BCUT2D eigenvalue weighted by Gasteiger charge is 2.39. The second kappa shape index (κ2) is 5.83. The number of rotatable bonds is 3. The number of imidazole rings is 1. The van der Waals surface area contributed by atoms with E-state index in [9.17, 15) is 13.6 Å². The molecule has 0 aliphatic heterocycles. The fourth-order valence-electron chi connectivity index (χ4n) is 3.47. The normalized spacial score (nSPS) is 18.7. The Morgan fingerprint density at radius 1 is 1.29 bits per heavy atom. The minimum Gasteiger partial charge on any atom is -0.344 e. The summed E-state index contributed by atoms with van der Waals surface area (Å²) in [7, 11) is 1.92. The van der Waals surface area contributed by atoms with Crippen molar-refractivity contribution in [3.8, 4) is 0 Å². The molecule has 24 heavy (non-hydrogen) atoms. The molecule has 1 aliphatic carbocycles. The van der Waals surface area contributed by atoms with Crippen LogP contribution in [-0.4, -0.2) is 21.4 Å². The van der Waals surface area contributed by atoms with Gasteiger partial charge >= 0.3 is 0 Å². The average Bonchev–Trinajstić information content (AvgIpc) is 2.85. The number of aromatic nitrogens is 2. The Hall–Kier alpha value is -1.98. The predicted molar refractivity (Wildman–Crippen MR) is 88.8 cm³/mol. The first-order valence-electron chi connectivity index (χ1n) is 8.31. The van der Waals surface area contributed by atoms with Crippen LogP contribution in [0.4, 0.5) is 8.78 Å². The molecule has 0 spiro atoms. The molecule has 0 saturated heterocycles. The lowest BCUT2D eigenvalue weighted by Crippen LogP contribution is -2.46. The highest BCUT2D eigenvalue weighted by molar-refractivity contribution is 5.80. The van der Waals surface area contributed by atoms with Gasteiger partial charge in [-0.1, -0.05) is 12.1 Å². The van der Waals surface area contributed by atoms with Crippen molar-refractivity contribution >= 4 is 16.9 Å². The maximum atomic E-state index is 13.3. The molecule has 1 heterocycles. The third kappa shape index (κ3) is 3.14. The fourth-order valence-corrected chi connectivity index (χ4v) is 3.47. The van der Waals surface area contributed by atoms with E-state index in [1.54, 1.807) is 0 Å². The van der Waals surface area contributed by atoms with Crippen LogP contribution in [0.1, 0.15) is 45.4 Å². The minimum atomic E-state index is -2.62. The topological polar surface area (TPSA) is 46.9 Å². The third-order valence-corrected chi connectivity index (χ3v) is 4.87. The number of carbonyl (C=O) groups is 1. The minimum absolute atomic E-state index is 0.164. The smallest absolute Gasteiger partial charge is 0.248 e. The monoisotopic (exact) mass is 335 g/mol. The van der Waals surface area contributed by atoms with Crippen molar-refractivity contribution in [3.63, 3.8) is 0 Å². The number of benzene rings is 1. The summed E-state index contributed by atoms with van der Waals surface area (Å²) in [6.45, 7) is 3.78. The van der Waals surface area contributed by atoms with Gasteiger partial charge in [-0.2, -0.15) is 0 Å². The standard InChI is InChI=1S/C18H23F2N3O/c1-17(2,16-21-13-6-4-5-7-14(13)23(16)3)22-15(24)12-8-10-18(19,20)11-9-12/h4-7,12H,8-11H2,1-3H3,(H,22,24). The molecular formula is C18H23F2N3O. The van der Waals surface area contributed by atoms with Gasteiger partial charge in [0.25, 0.3) is 0 Å². The summed E-state index contributed by atoms with van der Waals surface area (Å²) in [5, 5.41) is 3.00. The molecule has 0 atom stereocenters. The van der Waals surface area contributed by atoms with Crippen molar-refractivity contribution in [2.45, 2.75) is 51.0 Å². The quantitative estimate of drug-likeness (QED) is 0.928. The Labute approximate surface area is 140 Å². The molecule has 0 bridgehead atoms. The summed E-state index contributed by atoms with van der Waals surface area (Å²) >= 11 is 0. The summed E-state index contributed by atoms with van der Waals surface area (Å²) in [6, 6.07) is 7.78. The number of alkyl halides is 2. The van der Waals surface area contributed by atoms with Gasteiger partial charge in [0.2, 0.25) is 11.8 Å². The first-order valence-corrected chi connectivity index (χ1v) is 8.31. The van der Waals surface area contributed by atoms with Crippen LogP contribution in [0.3, 0.4) is 0 Å². The Bertz CT molecular complexity index is 757. The van der Waals surface area contributed by atoms with Gasteiger partial charge < -0.3 is 9.88 Å². The number of para-hydroxylation sites is 2. The van der Waals surface area contributed by atoms with E-state index in [0.29, 0.717) is 0 Å². The van der Waals surface area contributed by atoms with Crippen molar-refractivity contribution in [1.82, 2.24) is 14.9 Å². The number of amides is 1. The number of hydrogen-bond donors (Lipinski definition) is 1. The van der Waals surface area contributed by atoms with Crippen LogP contribution in [0.25, 0.3) is 11.0 Å². The summed E-state index contributed by atoms with van der Waals surface area (Å²) in [5.41, 5.74) is 1.19. The zero-order valence-electron chi connectivity index (χ0n) is 14.3. The Morgan fingerprint density at radius 2 is 1.92 bits per heavy atom. The van der Waals surface area contributed by atoms with Crippen molar-refractivity contribution in [2.24, 2.45) is 13.0 Å². The summed E-state index contributed by atoms with van der Waals surface area (Å²) in [6.07, 6.45) is 0.0462. The zero-order valence-corrected chi connectivity index (χ0v) is 14.3. The zero-order chi connectivity index (χ0) is 17.5. The maximum Gasteiger partial charge on any atom is 0.248 e. The van der Waals surface area contributed by atoms with Crippen molar-refractivity contribution in [3.05, 3.63) is 30.1 Å². The molecule has 1 aromatic carbocycles. The molecular weight excluding hydrogens is 312 g/mol. The largest absolute Gasteiger partial charge is 0.344 e. The molecule has 130 valence electrons. The predicted octanol–water partition coefficient (Wildman–Crippen LogP) is 3.75. The molecule has 4 nitrogen and oxygen atoms in total. The first kappa shape index (κ1) is 16.9. The van der Waals surface area contributed by atoms with Crippen LogP contribution in [0.2, 0.25) is 0 Å². The van der Waals surface area contributed by atoms with E-state index >= 15 is 0 Å². The Morgan fingerprint density at radius 3 is 2.54 bits per heavy atom. The molecule has 0 radical (unpaired) electrons. The highest BCUT2D eigenvalue weighted by atomic mass is 19.3. The lowest BCUT2D eigenvalue weighted by Gasteiger charge is -2.31. The van der Waals surface area contributed by atoms with E-state index in [1.807, 2.05) is 49.7 Å². The molecule has 0 unspecified atom stereocenters. The number of carbonyl (C=O) groups excluding carboxylic acids is 1. The lowest BCUT2D eigenvalue weighted by molar-refractivity contribution is -0.131. The highest BCUT2D eigenvalue weighted by Crippen LogP contribution is 2.36. The molecule has 1 fully saturated rings. The molecule has 2 aromatic rings. The van der Waals surface area contributed by atoms with E-state index in [0.717, 1.165) is 16.9 Å². The SMILES string of the molecule is Cn1c(C(C)(C)NC(=O)C2CCC(F)(F)CC2)nc2ccccc21. The van der Waals surface area contributed by atoms with Gasteiger partial charge in [0.1, 0.15) is 5.82 Å².